The van der Waals surface area contributed by atoms with Crippen molar-refractivity contribution in [3.05, 3.63) is 35.4 Å². The number of hydrogen-bond donors (Lipinski definition) is 2. The lowest BCUT2D eigenvalue weighted by molar-refractivity contribution is 0.317. The molecule has 0 aromatic heterocycles. The van der Waals surface area contributed by atoms with Crippen LogP contribution in [0.1, 0.15) is 33.6 Å². The van der Waals surface area contributed by atoms with Gasteiger partial charge in [-0.25, -0.2) is 4.39 Å². The predicted octanol–water partition coefficient (Wildman–Crippen LogP) is 2.76. The molecule has 0 amide bonds. The Balaban J connectivity index is 2.16. The Bertz CT molecular complexity index is 377. The van der Waals surface area contributed by atoms with Crippen LogP contribution >= 0.6 is 0 Å². The molecule has 1 atom stereocenters. The van der Waals surface area contributed by atoms with Gasteiger partial charge in [-0.15, -0.1) is 0 Å². The Morgan fingerprint density at radius 3 is 2.62 bits per heavy atom. The van der Waals surface area contributed by atoms with Crippen molar-refractivity contribution in [2.24, 2.45) is 0 Å². The van der Waals surface area contributed by atoms with Crippen LogP contribution < -0.4 is 10.6 Å². The van der Waals surface area contributed by atoms with Gasteiger partial charge in [0.2, 0.25) is 0 Å². The first-order chi connectivity index (χ1) is 7.49. The van der Waals surface area contributed by atoms with Crippen LogP contribution in [-0.2, 0) is 0 Å². The quantitative estimate of drug-likeness (QED) is 0.713. The maximum atomic E-state index is 12.9. The molecule has 1 heterocycles. The molecular formula is C13H19FN2. The first-order valence-corrected chi connectivity index (χ1v) is 5.79. The highest BCUT2D eigenvalue weighted by molar-refractivity contribution is 5.37. The molecular weight excluding hydrogens is 203 g/mol. The van der Waals surface area contributed by atoms with Crippen molar-refractivity contribution in [1.29, 1.82) is 0 Å². The number of hydrogen-bond acceptors (Lipinski definition) is 2. The van der Waals surface area contributed by atoms with Crippen molar-refractivity contribution < 1.29 is 4.39 Å². The molecule has 0 aromatic carbocycles. The summed E-state index contributed by atoms with van der Waals surface area (Å²) in [6, 6.07) is 0.351. The molecule has 1 aliphatic carbocycles. The normalized spacial score (nSPS) is 28.2. The highest BCUT2D eigenvalue weighted by atomic mass is 19.1. The molecule has 2 rings (SSSR count). The lowest BCUT2D eigenvalue weighted by Crippen LogP contribution is -2.56. The maximum Gasteiger partial charge on any atom is 0.100 e. The van der Waals surface area contributed by atoms with E-state index in [1.165, 1.54) is 5.57 Å². The average Bonchev–Trinajstić information content (AvgIpc) is 2.24. The van der Waals surface area contributed by atoms with E-state index in [-0.39, 0.29) is 11.4 Å². The second kappa shape index (κ2) is 3.96. The molecule has 0 bridgehead atoms. The summed E-state index contributed by atoms with van der Waals surface area (Å²) in [7, 11) is 0. The molecule has 2 aliphatic rings. The summed E-state index contributed by atoms with van der Waals surface area (Å²) in [6.45, 7) is 6.47. The molecule has 16 heavy (non-hydrogen) atoms. The zero-order chi connectivity index (χ0) is 11.8. The van der Waals surface area contributed by atoms with Crippen LogP contribution in [0.25, 0.3) is 0 Å². The lowest BCUT2D eigenvalue weighted by atomic mass is 9.92. The van der Waals surface area contributed by atoms with Gasteiger partial charge in [-0.05, 0) is 38.8 Å². The van der Waals surface area contributed by atoms with Gasteiger partial charge < -0.3 is 10.6 Å². The van der Waals surface area contributed by atoms with E-state index < -0.39 is 0 Å². The standard InChI is InChI=1S/C13H19FN2/c1-9-13(2,3)15-8-12(16-9)10-4-6-11(14)7-5-10/h4,6,8-9,15-16H,5,7H2,1-3H3. The maximum absolute atomic E-state index is 12.9. The fourth-order valence-electron chi connectivity index (χ4n) is 1.86. The Kier molecular flexibility index (Phi) is 2.78. The molecule has 88 valence electrons. The van der Waals surface area contributed by atoms with E-state index in [0.29, 0.717) is 12.5 Å². The number of allylic oxidation sites excluding steroid dienone is 4. The van der Waals surface area contributed by atoms with Gasteiger partial charge in [0, 0.05) is 18.7 Å². The lowest BCUT2D eigenvalue weighted by Gasteiger charge is -2.39. The molecule has 2 N–H and O–H groups in total. The summed E-state index contributed by atoms with van der Waals surface area (Å²) >= 11 is 0. The second-order valence-corrected chi connectivity index (χ2v) is 5.10. The van der Waals surface area contributed by atoms with Crippen molar-refractivity contribution in [1.82, 2.24) is 10.6 Å². The molecule has 0 radical (unpaired) electrons. The van der Waals surface area contributed by atoms with E-state index in [1.807, 2.05) is 12.3 Å². The fourth-order valence-corrected chi connectivity index (χ4v) is 1.86. The van der Waals surface area contributed by atoms with Gasteiger partial charge in [0.25, 0.3) is 0 Å². The van der Waals surface area contributed by atoms with Crippen LogP contribution in [0, 0.1) is 0 Å². The Morgan fingerprint density at radius 1 is 1.31 bits per heavy atom. The van der Waals surface area contributed by atoms with Gasteiger partial charge in [0.1, 0.15) is 5.83 Å². The minimum Gasteiger partial charge on any atom is -0.382 e. The zero-order valence-corrected chi connectivity index (χ0v) is 10.1. The van der Waals surface area contributed by atoms with E-state index >= 15 is 0 Å². The first kappa shape index (κ1) is 11.2. The van der Waals surface area contributed by atoms with Crippen molar-refractivity contribution >= 4 is 0 Å². The van der Waals surface area contributed by atoms with Crippen LogP contribution in [0.2, 0.25) is 0 Å². The molecule has 2 nitrogen and oxygen atoms in total. The van der Waals surface area contributed by atoms with E-state index in [0.717, 1.165) is 12.1 Å². The van der Waals surface area contributed by atoms with Gasteiger partial charge in [0.05, 0.1) is 11.2 Å². The molecule has 1 aliphatic heterocycles. The molecule has 0 saturated heterocycles. The van der Waals surface area contributed by atoms with Crippen molar-refractivity contribution in [3.8, 4) is 0 Å². The third-order valence-corrected chi connectivity index (χ3v) is 3.49. The van der Waals surface area contributed by atoms with Crippen molar-refractivity contribution in [3.63, 3.8) is 0 Å². The highest BCUT2D eigenvalue weighted by Gasteiger charge is 2.29. The van der Waals surface area contributed by atoms with Crippen LogP contribution in [0.4, 0.5) is 4.39 Å². The summed E-state index contributed by atoms with van der Waals surface area (Å²) in [5, 5.41) is 6.86. The van der Waals surface area contributed by atoms with Crippen molar-refractivity contribution in [2.45, 2.75) is 45.2 Å². The minimum atomic E-state index is -0.0264. The minimum absolute atomic E-state index is 0.0264. The van der Waals surface area contributed by atoms with E-state index in [4.69, 9.17) is 0 Å². The second-order valence-electron chi connectivity index (χ2n) is 5.10. The Morgan fingerprint density at radius 2 is 2.06 bits per heavy atom. The summed E-state index contributed by atoms with van der Waals surface area (Å²) < 4.78 is 12.9. The summed E-state index contributed by atoms with van der Waals surface area (Å²) in [5.41, 5.74) is 2.33. The first-order valence-electron chi connectivity index (χ1n) is 5.79. The fraction of sp³-hybridized carbons (Fsp3) is 0.538. The van der Waals surface area contributed by atoms with Gasteiger partial charge in [0.15, 0.2) is 0 Å². The zero-order valence-electron chi connectivity index (χ0n) is 10.1. The van der Waals surface area contributed by atoms with Crippen LogP contribution in [0.5, 0.6) is 0 Å². The number of halogens is 1. The monoisotopic (exact) mass is 222 g/mol. The average molecular weight is 222 g/mol. The summed E-state index contributed by atoms with van der Waals surface area (Å²) in [6.07, 6.45) is 6.72. The predicted molar refractivity (Wildman–Crippen MR) is 64.4 cm³/mol. The molecule has 0 aromatic rings. The molecule has 1 unspecified atom stereocenters. The Hall–Kier alpha value is -1.25. The Labute approximate surface area is 96.3 Å². The van der Waals surface area contributed by atoms with Crippen molar-refractivity contribution in [2.75, 3.05) is 0 Å². The van der Waals surface area contributed by atoms with Crippen LogP contribution in [-0.4, -0.2) is 11.6 Å². The third kappa shape index (κ3) is 2.13. The molecule has 0 spiro atoms. The van der Waals surface area contributed by atoms with E-state index in [1.54, 1.807) is 6.08 Å². The smallest absolute Gasteiger partial charge is 0.100 e. The molecule has 3 heteroatoms. The highest BCUT2D eigenvalue weighted by Crippen LogP contribution is 2.26. The molecule has 0 saturated carbocycles. The summed E-state index contributed by atoms with van der Waals surface area (Å²) in [4.78, 5) is 0. The number of rotatable bonds is 1. The SMILES string of the molecule is CC1NC(C2=CC=C(F)CC2)=CNC1(C)C. The van der Waals surface area contributed by atoms with Gasteiger partial charge in [-0.1, -0.05) is 6.08 Å². The van der Waals surface area contributed by atoms with Gasteiger partial charge in [-0.3, -0.25) is 0 Å². The summed E-state index contributed by atoms with van der Waals surface area (Å²) in [5.74, 6) is -0.0264. The van der Waals surface area contributed by atoms with E-state index in [9.17, 15) is 4.39 Å². The topological polar surface area (TPSA) is 24.1 Å². The molecule has 0 fully saturated rings. The number of nitrogens with one attached hydrogen (secondary N) is 2. The van der Waals surface area contributed by atoms with E-state index in [2.05, 4.69) is 31.4 Å². The van der Waals surface area contributed by atoms with Crippen LogP contribution in [0.3, 0.4) is 0 Å². The van der Waals surface area contributed by atoms with Crippen LogP contribution in [0.15, 0.2) is 35.4 Å². The third-order valence-electron chi connectivity index (χ3n) is 3.49. The largest absolute Gasteiger partial charge is 0.382 e. The van der Waals surface area contributed by atoms with Gasteiger partial charge >= 0.3 is 0 Å². The van der Waals surface area contributed by atoms with Gasteiger partial charge in [-0.2, -0.15) is 0 Å².